The second-order valence-electron chi connectivity index (χ2n) is 7.28. The van der Waals surface area contributed by atoms with Crippen LogP contribution in [0.15, 0.2) is 18.2 Å². The first-order valence-electron chi connectivity index (χ1n) is 9.52. The van der Waals surface area contributed by atoms with E-state index in [1.54, 1.807) is 6.07 Å². The first-order chi connectivity index (χ1) is 13.9. The topological polar surface area (TPSA) is 128 Å². The van der Waals surface area contributed by atoms with Crippen molar-refractivity contribution in [1.82, 2.24) is 20.4 Å². The third-order valence-electron chi connectivity index (χ3n) is 5.30. The number of amides is 5. The van der Waals surface area contributed by atoms with Crippen LogP contribution in [0.1, 0.15) is 33.6 Å². The Kier molecular flexibility index (Phi) is 5.12. The van der Waals surface area contributed by atoms with Gasteiger partial charge >= 0.3 is 0 Å². The van der Waals surface area contributed by atoms with Gasteiger partial charge in [-0.25, -0.2) is 0 Å². The molecule has 0 aromatic heterocycles. The summed E-state index contributed by atoms with van der Waals surface area (Å²) >= 11 is 0. The maximum atomic E-state index is 12.8. The van der Waals surface area contributed by atoms with Gasteiger partial charge in [-0.05, 0) is 24.6 Å². The lowest BCUT2D eigenvalue weighted by molar-refractivity contribution is -0.136. The van der Waals surface area contributed by atoms with E-state index in [-0.39, 0.29) is 36.4 Å². The molecule has 3 N–H and O–H groups in total. The van der Waals surface area contributed by atoms with Crippen molar-refractivity contribution in [3.63, 3.8) is 0 Å². The number of carbonyl (C=O) groups is 5. The summed E-state index contributed by atoms with van der Waals surface area (Å²) < 4.78 is 0. The Bertz CT molecular complexity index is 908. The minimum absolute atomic E-state index is 0.0666. The first-order valence-corrected chi connectivity index (χ1v) is 9.52. The van der Waals surface area contributed by atoms with Crippen LogP contribution in [0, 0.1) is 0 Å². The predicted molar refractivity (Wildman–Crippen MR) is 101 cm³/mol. The number of piperazine rings is 1. The quantitative estimate of drug-likeness (QED) is 0.550. The molecule has 10 heteroatoms. The molecule has 1 unspecified atom stereocenters. The molecule has 3 heterocycles. The summed E-state index contributed by atoms with van der Waals surface area (Å²) in [4.78, 5) is 64.1. The van der Waals surface area contributed by atoms with Gasteiger partial charge in [0.1, 0.15) is 6.04 Å². The second-order valence-corrected chi connectivity index (χ2v) is 7.28. The van der Waals surface area contributed by atoms with Crippen LogP contribution in [0.4, 0.5) is 5.69 Å². The van der Waals surface area contributed by atoms with Crippen LogP contribution in [0.25, 0.3) is 0 Å². The van der Waals surface area contributed by atoms with Crippen LogP contribution in [-0.4, -0.2) is 78.1 Å². The van der Waals surface area contributed by atoms with Crippen LogP contribution < -0.4 is 16.0 Å². The highest BCUT2D eigenvalue weighted by Crippen LogP contribution is 2.29. The Hall–Kier alpha value is -3.11. The van der Waals surface area contributed by atoms with Crippen molar-refractivity contribution in [2.75, 3.05) is 38.0 Å². The summed E-state index contributed by atoms with van der Waals surface area (Å²) in [5.41, 5.74) is 0.731. The van der Waals surface area contributed by atoms with Gasteiger partial charge in [0, 0.05) is 38.3 Å². The first kappa shape index (κ1) is 19.2. The Morgan fingerprint density at radius 3 is 2.52 bits per heavy atom. The molecule has 2 fully saturated rings. The van der Waals surface area contributed by atoms with Crippen LogP contribution in [0.2, 0.25) is 0 Å². The zero-order valence-electron chi connectivity index (χ0n) is 15.7. The van der Waals surface area contributed by atoms with E-state index in [1.165, 1.54) is 12.1 Å². The average Bonchev–Trinajstić information content (AvgIpc) is 2.93. The Balaban J connectivity index is 1.47. The van der Waals surface area contributed by atoms with Crippen molar-refractivity contribution >= 4 is 35.2 Å². The lowest BCUT2D eigenvalue weighted by Gasteiger charge is -2.27. The minimum atomic E-state index is -1.01. The second kappa shape index (κ2) is 7.72. The summed E-state index contributed by atoms with van der Waals surface area (Å²) in [6, 6.07) is 3.48. The lowest BCUT2D eigenvalue weighted by Crippen LogP contribution is -2.54. The SMILES string of the molecule is O=C1CCC(N2C(=O)c3ccc(NC(=O)CN4CCNCC4)cc3C2=O)C(=O)N1. The molecule has 0 radical (unpaired) electrons. The van der Waals surface area contributed by atoms with Crippen molar-refractivity contribution in [3.05, 3.63) is 29.3 Å². The summed E-state index contributed by atoms with van der Waals surface area (Å²) in [5, 5.41) is 8.13. The van der Waals surface area contributed by atoms with E-state index in [1.807, 2.05) is 4.90 Å². The van der Waals surface area contributed by atoms with Crippen molar-refractivity contribution in [3.8, 4) is 0 Å². The third kappa shape index (κ3) is 3.76. The molecule has 29 heavy (non-hydrogen) atoms. The smallest absolute Gasteiger partial charge is 0.262 e. The predicted octanol–water partition coefficient (Wildman–Crippen LogP) is -1.07. The highest BCUT2D eigenvalue weighted by Gasteiger charge is 2.44. The monoisotopic (exact) mass is 399 g/mol. The maximum absolute atomic E-state index is 12.8. The molecular formula is C19H21N5O5. The molecule has 0 spiro atoms. The van der Waals surface area contributed by atoms with Crippen molar-refractivity contribution in [1.29, 1.82) is 0 Å². The van der Waals surface area contributed by atoms with E-state index in [0.29, 0.717) is 5.69 Å². The molecule has 5 amide bonds. The molecule has 0 bridgehead atoms. The number of imide groups is 2. The minimum Gasteiger partial charge on any atom is -0.325 e. The van der Waals surface area contributed by atoms with Crippen LogP contribution in [0.3, 0.4) is 0 Å². The molecule has 1 aromatic rings. The standard InChI is InChI=1S/C19H21N5O5/c25-15-4-3-14(17(27)22-15)24-18(28)12-2-1-11(9-13(12)19(24)29)21-16(26)10-23-7-5-20-6-8-23/h1-2,9,14,20H,3-8,10H2,(H,21,26)(H,22,25,27). The molecular weight excluding hydrogens is 378 g/mol. The zero-order chi connectivity index (χ0) is 20.5. The van der Waals surface area contributed by atoms with Crippen LogP contribution in [-0.2, 0) is 14.4 Å². The van der Waals surface area contributed by atoms with Crippen molar-refractivity contribution in [2.45, 2.75) is 18.9 Å². The van der Waals surface area contributed by atoms with Crippen molar-refractivity contribution < 1.29 is 24.0 Å². The summed E-state index contributed by atoms with van der Waals surface area (Å²) in [6.45, 7) is 3.48. The fourth-order valence-corrected chi connectivity index (χ4v) is 3.82. The van der Waals surface area contributed by atoms with Gasteiger partial charge < -0.3 is 10.6 Å². The van der Waals surface area contributed by atoms with E-state index >= 15 is 0 Å². The van der Waals surface area contributed by atoms with E-state index in [4.69, 9.17) is 0 Å². The molecule has 10 nitrogen and oxygen atoms in total. The van der Waals surface area contributed by atoms with Gasteiger partial charge in [0.2, 0.25) is 17.7 Å². The molecule has 152 valence electrons. The third-order valence-corrected chi connectivity index (χ3v) is 5.30. The number of hydrogen-bond donors (Lipinski definition) is 3. The number of benzene rings is 1. The molecule has 1 atom stereocenters. The molecule has 3 aliphatic rings. The van der Waals surface area contributed by atoms with Gasteiger partial charge in [0.25, 0.3) is 11.8 Å². The van der Waals surface area contributed by atoms with Gasteiger partial charge in [0.05, 0.1) is 17.7 Å². The van der Waals surface area contributed by atoms with Crippen molar-refractivity contribution in [2.24, 2.45) is 0 Å². The van der Waals surface area contributed by atoms with Gasteiger partial charge in [0.15, 0.2) is 0 Å². The molecule has 0 aliphatic carbocycles. The fraction of sp³-hybridized carbons (Fsp3) is 0.421. The Labute approximate surface area is 166 Å². The van der Waals surface area contributed by atoms with E-state index in [2.05, 4.69) is 16.0 Å². The number of nitrogens with zero attached hydrogens (tertiary/aromatic N) is 2. The van der Waals surface area contributed by atoms with E-state index < -0.39 is 29.7 Å². The molecule has 0 saturated carbocycles. The zero-order valence-corrected chi connectivity index (χ0v) is 15.7. The number of hydrogen-bond acceptors (Lipinski definition) is 7. The fourth-order valence-electron chi connectivity index (χ4n) is 3.82. The molecule has 4 rings (SSSR count). The number of piperidine rings is 1. The van der Waals surface area contributed by atoms with E-state index in [0.717, 1.165) is 31.1 Å². The summed E-state index contributed by atoms with van der Waals surface area (Å²) in [7, 11) is 0. The van der Waals surface area contributed by atoms with Gasteiger partial charge in [-0.2, -0.15) is 0 Å². The van der Waals surface area contributed by atoms with Gasteiger partial charge in [-0.15, -0.1) is 0 Å². The number of fused-ring (bicyclic) bond motifs is 1. The Morgan fingerprint density at radius 1 is 1.07 bits per heavy atom. The maximum Gasteiger partial charge on any atom is 0.262 e. The number of nitrogens with one attached hydrogen (secondary N) is 3. The molecule has 1 aromatic carbocycles. The van der Waals surface area contributed by atoms with Gasteiger partial charge in [-0.3, -0.25) is 39.1 Å². The number of anilines is 1. The van der Waals surface area contributed by atoms with E-state index in [9.17, 15) is 24.0 Å². The number of rotatable bonds is 4. The molecule has 3 aliphatic heterocycles. The number of carbonyl (C=O) groups excluding carboxylic acids is 5. The summed E-state index contributed by atoms with van der Waals surface area (Å²) in [6.07, 6.45) is 0.168. The Morgan fingerprint density at radius 2 is 1.79 bits per heavy atom. The summed E-state index contributed by atoms with van der Waals surface area (Å²) in [5.74, 6) is -2.45. The van der Waals surface area contributed by atoms with Crippen LogP contribution >= 0.6 is 0 Å². The average molecular weight is 399 g/mol. The lowest BCUT2D eigenvalue weighted by atomic mass is 10.0. The molecule has 2 saturated heterocycles. The van der Waals surface area contributed by atoms with Gasteiger partial charge in [-0.1, -0.05) is 0 Å². The largest absolute Gasteiger partial charge is 0.325 e. The normalized spacial score (nSPS) is 22.5. The highest BCUT2D eigenvalue weighted by molar-refractivity contribution is 6.23. The van der Waals surface area contributed by atoms with Crippen LogP contribution in [0.5, 0.6) is 0 Å². The highest BCUT2D eigenvalue weighted by atomic mass is 16.2.